The molecule has 0 unspecified atom stereocenters. The lowest BCUT2D eigenvalue weighted by molar-refractivity contribution is 0.255. The van der Waals surface area contributed by atoms with E-state index in [0.717, 1.165) is 17.0 Å². The summed E-state index contributed by atoms with van der Waals surface area (Å²) in [6.07, 6.45) is 0. The number of urea groups is 1. The van der Waals surface area contributed by atoms with Gasteiger partial charge in [0, 0.05) is 11.1 Å². The summed E-state index contributed by atoms with van der Waals surface area (Å²) in [5.74, 6) is 0.691. The lowest BCUT2D eigenvalue weighted by Crippen LogP contribution is -2.07. The van der Waals surface area contributed by atoms with Crippen LogP contribution in [0.2, 0.25) is 0 Å². The maximum Gasteiger partial charge on any atom is 0.356 e. The maximum absolute atomic E-state index is 10.9. The molecule has 0 saturated carbocycles. The molecule has 8 nitrogen and oxygen atoms in total. The zero-order valence-corrected chi connectivity index (χ0v) is 14.2. The number of anilines is 1. The quantitative estimate of drug-likeness (QED) is 0.581. The lowest BCUT2D eigenvalue weighted by atomic mass is 10.2. The number of primary amides is 1. The third kappa shape index (κ3) is 3.59. The van der Waals surface area contributed by atoms with E-state index in [1.165, 1.54) is 0 Å². The van der Waals surface area contributed by atoms with E-state index in [9.17, 15) is 9.90 Å². The van der Waals surface area contributed by atoms with Crippen LogP contribution in [-0.4, -0.2) is 22.3 Å². The zero-order chi connectivity index (χ0) is 18.5. The monoisotopic (exact) mass is 353 g/mol. The van der Waals surface area contributed by atoms with Crippen LogP contribution in [0.1, 0.15) is 6.92 Å². The Morgan fingerprint density at radius 1 is 1.23 bits per heavy atom. The lowest BCUT2D eigenvalue weighted by Gasteiger charge is -2.11. The van der Waals surface area contributed by atoms with Gasteiger partial charge in [0.25, 0.3) is 0 Å². The second kappa shape index (κ2) is 7.56. The molecule has 0 spiro atoms. The summed E-state index contributed by atoms with van der Waals surface area (Å²) < 4.78 is 7.06. The predicted octanol–water partition coefficient (Wildman–Crippen LogP) is 3.98. The minimum Gasteiger partial charge on any atom is -0.494 e. The van der Waals surface area contributed by atoms with Crippen LogP contribution in [0.4, 0.5) is 16.2 Å². The van der Waals surface area contributed by atoms with Crippen LogP contribution in [-0.2, 0) is 6.67 Å². The number of benzene rings is 2. The Kier molecular flexibility index (Phi) is 5.02. The number of amides is 2. The molecule has 1 aromatic heterocycles. The SMILES string of the molecule is CCOc1ccc(NCn2c(O)c(N=NC(N)=O)c3ccccc32)cc1. The van der Waals surface area contributed by atoms with Crippen molar-refractivity contribution in [3.8, 4) is 11.6 Å². The zero-order valence-electron chi connectivity index (χ0n) is 14.2. The minimum absolute atomic E-state index is 0.102. The average Bonchev–Trinajstić information content (AvgIpc) is 2.91. The van der Waals surface area contributed by atoms with E-state index in [1.54, 1.807) is 10.6 Å². The second-order valence-corrected chi connectivity index (χ2v) is 5.45. The minimum atomic E-state index is -0.922. The number of nitrogens with zero attached hydrogens (tertiary/aromatic N) is 3. The fourth-order valence-corrected chi connectivity index (χ4v) is 2.64. The third-order valence-corrected chi connectivity index (χ3v) is 3.77. The van der Waals surface area contributed by atoms with Crippen molar-refractivity contribution in [3.05, 3.63) is 48.5 Å². The summed E-state index contributed by atoms with van der Waals surface area (Å²) in [6.45, 7) is 2.84. The van der Waals surface area contributed by atoms with Gasteiger partial charge in [0.2, 0.25) is 5.88 Å². The molecule has 0 radical (unpaired) electrons. The summed E-state index contributed by atoms with van der Waals surface area (Å²) in [7, 11) is 0. The maximum atomic E-state index is 10.9. The highest BCUT2D eigenvalue weighted by atomic mass is 16.5. The van der Waals surface area contributed by atoms with Crippen molar-refractivity contribution in [1.82, 2.24) is 4.57 Å². The topological polar surface area (TPSA) is 114 Å². The number of para-hydroxylation sites is 1. The van der Waals surface area contributed by atoms with Crippen molar-refractivity contribution in [1.29, 1.82) is 0 Å². The summed E-state index contributed by atoms with van der Waals surface area (Å²) in [4.78, 5) is 10.9. The molecule has 8 heteroatoms. The molecule has 3 rings (SSSR count). The van der Waals surface area contributed by atoms with Gasteiger partial charge in [-0.25, -0.2) is 4.79 Å². The summed E-state index contributed by atoms with van der Waals surface area (Å²) in [5.41, 5.74) is 6.82. The van der Waals surface area contributed by atoms with E-state index < -0.39 is 6.03 Å². The van der Waals surface area contributed by atoms with Crippen molar-refractivity contribution in [2.45, 2.75) is 13.6 Å². The summed E-state index contributed by atoms with van der Waals surface area (Å²) in [6, 6.07) is 13.9. The molecule has 4 N–H and O–H groups in total. The molecular weight excluding hydrogens is 334 g/mol. The highest BCUT2D eigenvalue weighted by molar-refractivity contribution is 5.95. The van der Waals surface area contributed by atoms with Gasteiger partial charge < -0.3 is 20.9 Å². The molecule has 0 aliphatic heterocycles. The van der Waals surface area contributed by atoms with Crippen molar-refractivity contribution in [2.75, 3.05) is 11.9 Å². The van der Waals surface area contributed by atoms with Crippen molar-refractivity contribution < 1.29 is 14.6 Å². The number of fused-ring (bicyclic) bond motifs is 1. The van der Waals surface area contributed by atoms with Crippen molar-refractivity contribution in [2.24, 2.45) is 16.0 Å². The van der Waals surface area contributed by atoms with Gasteiger partial charge in [-0.1, -0.05) is 23.3 Å². The van der Waals surface area contributed by atoms with E-state index in [0.29, 0.717) is 18.7 Å². The highest BCUT2D eigenvalue weighted by Crippen LogP contribution is 2.38. The van der Waals surface area contributed by atoms with Crippen LogP contribution in [0, 0.1) is 0 Å². The van der Waals surface area contributed by atoms with Gasteiger partial charge in [0.15, 0.2) is 5.69 Å². The molecule has 1 heterocycles. The molecule has 0 atom stereocenters. The smallest absolute Gasteiger partial charge is 0.356 e. The predicted molar refractivity (Wildman–Crippen MR) is 98.9 cm³/mol. The first-order valence-electron chi connectivity index (χ1n) is 8.08. The Labute approximate surface area is 149 Å². The van der Waals surface area contributed by atoms with Crippen LogP contribution >= 0.6 is 0 Å². The average molecular weight is 353 g/mol. The van der Waals surface area contributed by atoms with Crippen LogP contribution in [0.25, 0.3) is 10.9 Å². The van der Waals surface area contributed by atoms with Crippen molar-refractivity contribution in [3.63, 3.8) is 0 Å². The van der Waals surface area contributed by atoms with Gasteiger partial charge in [-0.15, -0.1) is 5.11 Å². The molecule has 0 aliphatic carbocycles. The Morgan fingerprint density at radius 3 is 2.65 bits per heavy atom. The number of rotatable bonds is 6. The molecular formula is C18H19N5O3. The van der Waals surface area contributed by atoms with Crippen LogP contribution in [0.15, 0.2) is 58.8 Å². The van der Waals surface area contributed by atoms with Gasteiger partial charge in [-0.2, -0.15) is 0 Å². The number of azo groups is 1. The first-order chi connectivity index (χ1) is 12.6. The molecule has 2 amide bonds. The Balaban J connectivity index is 1.87. The number of hydrogen-bond donors (Lipinski definition) is 3. The van der Waals surface area contributed by atoms with E-state index in [4.69, 9.17) is 10.5 Å². The van der Waals surface area contributed by atoms with Gasteiger partial charge in [-0.3, -0.25) is 4.57 Å². The fraction of sp³-hybridized carbons (Fsp3) is 0.167. The number of ether oxygens (including phenoxy) is 1. The number of carbonyl (C=O) groups excluding carboxylic acids is 1. The standard InChI is InChI=1S/C18H19N5O3/c1-2-26-13-9-7-12(8-10-13)20-11-23-15-6-4-3-5-14(15)16(17(23)24)21-22-18(19)25/h3-10,20,24H,2,11H2,1H3,(H2,19,25). The van der Waals surface area contributed by atoms with E-state index in [-0.39, 0.29) is 11.6 Å². The molecule has 134 valence electrons. The molecule has 26 heavy (non-hydrogen) atoms. The third-order valence-electron chi connectivity index (χ3n) is 3.77. The normalized spacial score (nSPS) is 11.1. The number of aromatic hydroxyl groups is 1. The summed E-state index contributed by atoms with van der Waals surface area (Å²) in [5, 5.41) is 21.5. The van der Waals surface area contributed by atoms with Crippen LogP contribution < -0.4 is 15.8 Å². The molecule has 2 aromatic carbocycles. The number of carbonyl (C=O) groups is 1. The fourth-order valence-electron chi connectivity index (χ4n) is 2.64. The van der Waals surface area contributed by atoms with E-state index >= 15 is 0 Å². The Morgan fingerprint density at radius 2 is 1.96 bits per heavy atom. The number of nitrogens with two attached hydrogens (primary N) is 1. The number of aromatic nitrogens is 1. The number of hydrogen-bond acceptors (Lipinski definition) is 5. The van der Waals surface area contributed by atoms with Gasteiger partial charge in [-0.05, 0) is 37.3 Å². The Bertz CT molecular complexity index is 947. The highest BCUT2D eigenvalue weighted by Gasteiger charge is 2.16. The van der Waals surface area contributed by atoms with Crippen LogP contribution in [0.5, 0.6) is 11.6 Å². The number of nitrogens with one attached hydrogen (secondary N) is 1. The van der Waals surface area contributed by atoms with Crippen molar-refractivity contribution >= 4 is 28.3 Å². The van der Waals surface area contributed by atoms with Gasteiger partial charge >= 0.3 is 6.03 Å². The molecule has 0 bridgehead atoms. The molecule has 0 saturated heterocycles. The van der Waals surface area contributed by atoms with Crippen LogP contribution in [0.3, 0.4) is 0 Å². The largest absolute Gasteiger partial charge is 0.494 e. The van der Waals surface area contributed by atoms with E-state index in [1.807, 2.05) is 49.4 Å². The second-order valence-electron chi connectivity index (χ2n) is 5.45. The molecule has 3 aromatic rings. The van der Waals surface area contributed by atoms with E-state index in [2.05, 4.69) is 15.5 Å². The van der Waals surface area contributed by atoms with Gasteiger partial charge in [0.05, 0.1) is 18.8 Å². The first kappa shape index (κ1) is 17.3. The summed E-state index contributed by atoms with van der Waals surface area (Å²) >= 11 is 0. The molecule has 0 aliphatic rings. The first-order valence-corrected chi connectivity index (χ1v) is 8.08. The van der Waals surface area contributed by atoms with Gasteiger partial charge in [0.1, 0.15) is 5.75 Å². The Hall–Kier alpha value is -3.55. The molecule has 0 fully saturated rings.